The SMILES string of the molecule is CS(=O)(=O)/N=C/C=C/c1ccccc1. The Morgan fingerprint density at radius 3 is 2.43 bits per heavy atom. The van der Waals surface area contributed by atoms with E-state index in [9.17, 15) is 8.42 Å². The van der Waals surface area contributed by atoms with Crippen LogP contribution in [0, 0.1) is 0 Å². The number of hydrogen-bond acceptors (Lipinski definition) is 2. The van der Waals surface area contributed by atoms with Crippen molar-refractivity contribution in [2.45, 2.75) is 0 Å². The maximum atomic E-state index is 10.6. The van der Waals surface area contributed by atoms with Gasteiger partial charge >= 0.3 is 0 Å². The Labute approximate surface area is 83.9 Å². The van der Waals surface area contributed by atoms with Crippen molar-refractivity contribution >= 4 is 22.3 Å². The zero-order chi connectivity index (χ0) is 10.4. The zero-order valence-electron chi connectivity index (χ0n) is 7.79. The van der Waals surface area contributed by atoms with Crippen LogP contribution in [0.25, 0.3) is 6.08 Å². The maximum Gasteiger partial charge on any atom is 0.250 e. The molecule has 0 aromatic heterocycles. The number of nitrogens with zero attached hydrogens (tertiary/aromatic N) is 1. The van der Waals surface area contributed by atoms with Crippen LogP contribution in [0.15, 0.2) is 40.8 Å². The standard InChI is InChI=1S/C10H11NO2S/c1-14(12,13)11-9-5-8-10-6-3-2-4-7-10/h2-9H,1H3/b8-5+,11-9+. The van der Waals surface area contributed by atoms with Gasteiger partial charge in [-0.2, -0.15) is 4.40 Å². The first kappa shape index (κ1) is 10.7. The molecule has 74 valence electrons. The van der Waals surface area contributed by atoms with Gasteiger partial charge in [0.2, 0.25) is 10.0 Å². The summed E-state index contributed by atoms with van der Waals surface area (Å²) in [6.07, 6.45) is 5.70. The molecule has 0 heterocycles. The lowest BCUT2D eigenvalue weighted by molar-refractivity contribution is 0.604. The Bertz CT molecular complexity index is 432. The van der Waals surface area contributed by atoms with Gasteiger partial charge in [-0.25, -0.2) is 8.42 Å². The molecular weight excluding hydrogens is 198 g/mol. The molecule has 0 atom stereocenters. The first-order valence-electron chi connectivity index (χ1n) is 4.05. The predicted octanol–water partition coefficient (Wildman–Crippen LogP) is 1.73. The molecule has 0 bridgehead atoms. The minimum atomic E-state index is -3.26. The molecule has 0 aliphatic carbocycles. The highest BCUT2D eigenvalue weighted by Gasteiger charge is 1.90. The Morgan fingerprint density at radius 1 is 1.21 bits per heavy atom. The lowest BCUT2D eigenvalue weighted by Gasteiger charge is -1.88. The average Bonchev–Trinajstić information content (AvgIpc) is 2.13. The van der Waals surface area contributed by atoms with Crippen molar-refractivity contribution < 1.29 is 8.42 Å². The summed E-state index contributed by atoms with van der Waals surface area (Å²) in [6.45, 7) is 0. The van der Waals surface area contributed by atoms with Crippen molar-refractivity contribution in [3.63, 3.8) is 0 Å². The van der Waals surface area contributed by atoms with E-state index < -0.39 is 10.0 Å². The van der Waals surface area contributed by atoms with Gasteiger partial charge in [0, 0.05) is 6.21 Å². The van der Waals surface area contributed by atoms with E-state index in [1.54, 1.807) is 12.2 Å². The molecular formula is C10H11NO2S. The third-order valence-corrected chi connectivity index (χ3v) is 1.93. The van der Waals surface area contributed by atoms with Gasteiger partial charge in [0.25, 0.3) is 0 Å². The number of allylic oxidation sites excluding steroid dienone is 1. The van der Waals surface area contributed by atoms with Crippen molar-refractivity contribution in [1.29, 1.82) is 0 Å². The molecule has 0 fully saturated rings. The van der Waals surface area contributed by atoms with Gasteiger partial charge in [-0.05, 0) is 11.6 Å². The monoisotopic (exact) mass is 209 g/mol. The summed E-state index contributed by atoms with van der Waals surface area (Å²) < 4.78 is 24.6. The lowest BCUT2D eigenvalue weighted by Crippen LogP contribution is -1.88. The highest BCUT2D eigenvalue weighted by atomic mass is 32.2. The van der Waals surface area contributed by atoms with E-state index >= 15 is 0 Å². The molecule has 0 saturated heterocycles. The summed E-state index contributed by atoms with van der Waals surface area (Å²) in [5.74, 6) is 0. The first-order chi connectivity index (χ1) is 6.58. The van der Waals surface area contributed by atoms with Gasteiger partial charge in [-0.1, -0.05) is 36.4 Å². The van der Waals surface area contributed by atoms with Crippen LogP contribution in [0.4, 0.5) is 0 Å². The van der Waals surface area contributed by atoms with Crippen LogP contribution < -0.4 is 0 Å². The minimum absolute atomic E-state index is 1.01. The molecule has 0 N–H and O–H groups in total. The van der Waals surface area contributed by atoms with E-state index in [0.29, 0.717) is 0 Å². The molecule has 0 saturated carbocycles. The third-order valence-electron chi connectivity index (χ3n) is 1.43. The molecule has 0 radical (unpaired) electrons. The van der Waals surface area contributed by atoms with Crippen LogP contribution in [0.5, 0.6) is 0 Å². The summed E-state index contributed by atoms with van der Waals surface area (Å²) in [5, 5.41) is 0. The fraction of sp³-hybridized carbons (Fsp3) is 0.100. The van der Waals surface area contributed by atoms with Gasteiger partial charge in [-0.15, -0.1) is 0 Å². The van der Waals surface area contributed by atoms with Gasteiger partial charge in [0.15, 0.2) is 0 Å². The minimum Gasteiger partial charge on any atom is -0.205 e. The second-order valence-corrected chi connectivity index (χ2v) is 4.43. The van der Waals surface area contributed by atoms with E-state index in [1.807, 2.05) is 30.3 Å². The number of rotatable bonds is 3. The van der Waals surface area contributed by atoms with Gasteiger partial charge < -0.3 is 0 Å². The largest absolute Gasteiger partial charge is 0.250 e. The molecule has 3 nitrogen and oxygen atoms in total. The highest BCUT2D eigenvalue weighted by molar-refractivity contribution is 7.89. The van der Waals surface area contributed by atoms with E-state index in [0.717, 1.165) is 11.8 Å². The Balaban J connectivity index is 2.63. The van der Waals surface area contributed by atoms with Crippen LogP contribution in [0.2, 0.25) is 0 Å². The Morgan fingerprint density at radius 2 is 1.86 bits per heavy atom. The number of benzene rings is 1. The lowest BCUT2D eigenvalue weighted by atomic mass is 10.2. The third kappa shape index (κ3) is 4.57. The van der Waals surface area contributed by atoms with E-state index in [1.165, 1.54) is 6.21 Å². The highest BCUT2D eigenvalue weighted by Crippen LogP contribution is 1.99. The molecule has 4 heteroatoms. The maximum absolute atomic E-state index is 10.6. The van der Waals surface area contributed by atoms with Crippen molar-refractivity contribution in [3.8, 4) is 0 Å². The normalized spacial score (nSPS) is 12.6. The molecule has 1 aromatic rings. The van der Waals surface area contributed by atoms with Crippen LogP contribution in [-0.2, 0) is 10.0 Å². The quantitative estimate of drug-likeness (QED) is 0.712. The summed E-state index contributed by atoms with van der Waals surface area (Å²) >= 11 is 0. The number of hydrogen-bond donors (Lipinski definition) is 0. The van der Waals surface area contributed by atoms with Gasteiger partial charge in [-0.3, -0.25) is 0 Å². The molecule has 14 heavy (non-hydrogen) atoms. The Kier molecular flexibility index (Phi) is 3.59. The van der Waals surface area contributed by atoms with Crippen LogP contribution in [0.3, 0.4) is 0 Å². The van der Waals surface area contributed by atoms with Crippen LogP contribution >= 0.6 is 0 Å². The van der Waals surface area contributed by atoms with Crippen molar-refractivity contribution in [2.24, 2.45) is 4.40 Å². The summed E-state index contributed by atoms with van der Waals surface area (Å²) in [4.78, 5) is 0. The van der Waals surface area contributed by atoms with Crippen molar-refractivity contribution in [2.75, 3.05) is 6.26 Å². The molecule has 0 spiro atoms. The molecule has 0 aliphatic heterocycles. The smallest absolute Gasteiger partial charge is 0.205 e. The second kappa shape index (κ2) is 4.72. The molecule has 1 aromatic carbocycles. The first-order valence-corrected chi connectivity index (χ1v) is 5.90. The molecule has 0 amide bonds. The molecule has 1 rings (SSSR count). The van der Waals surface area contributed by atoms with E-state index in [-0.39, 0.29) is 0 Å². The predicted molar refractivity (Wildman–Crippen MR) is 58.8 cm³/mol. The van der Waals surface area contributed by atoms with Crippen molar-refractivity contribution in [3.05, 3.63) is 42.0 Å². The zero-order valence-corrected chi connectivity index (χ0v) is 8.61. The van der Waals surface area contributed by atoms with Crippen LogP contribution in [-0.4, -0.2) is 20.9 Å². The second-order valence-electron chi connectivity index (χ2n) is 2.76. The van der Waals surface area contributed by atoms with Gasteiger partial charge in [0.05, 0.1) is 6.26 Å². The summed E-state index contributed by atoms with van der Waals surface area (Å²) in [6, 6.07) is 9.58. The Hall–Kier alpha value is -1.42. The van der Waals surface area contributed by atoms with Gasteiger partial charge in [0.1, 0.15) is 0 Å². The van der Waals surface area contributed by atoms with Crippen LogP contribution in [0.1, 0.15) is 5.56 Å². The number of sulfonamides is 1. The average molecular weight is 209 g/mol. The molecule has 0 unspecified atom stereocenters. The summed E-state index contributed by atoms with van der Waals surface area (Å²) in [5.41, 5.74) is 1.01. The van der Waals surface area contributed by atoms with E-state index in [4.69, 9.17) is 0 Å². The fourth-order valence-corrected chi connectivity index (χ4v) is 1.16. The van der Waals surface area contributed by atoms with E-state index in [2.05, 4.69) is 4.40 Å². The fourth-order valence-electron chi connectivity index (χ4n) is 0.864. The molecule has 0 aliphatic rings. The topological polar surface area (TPSA) is 46.5 Å². The van der Waals surface area contributed by atoms with Crippen molar-refractivity contribution in [1.82, 2.24) is 0 Å². The summed E-state index contributed by atoms with van der Waals surface area (Å²) in [7, 11) is -3.26.